The van der Waals surface area contributed by atoms with Gasteiger partial charge in [-0.1, -0.05) is 0 Å². The average Bonchev–Trinajstić information content (AvgIpc) is 2.66. The van der Waals surface area contributed by atoms with Gasteiger partial charge < -0.3 is 19.2 Å². The molecule has 1 aliphatic rings. The van der Waals surface area contributed by atoms with E-state index >= 15 is 0 Å². The number of carbonyl (C=O) groups excluding carboxylic acids is 1. The van der Waals surface area contributed by atoms with Gasteiger partial charge in [0.2, 0.25) is 5.62 Å². The lowest BCUT2D eigenvalue weighted by atomic mass is 10.1. The fraction of sp³-hybridized carbons (Fsp3) is 0.286. The van der Waals surface area contributed by atoms with E-state index in [1.807, 2.05) is 36.1 Å². The first kappa shape index (κ1) is 13.9. The standard InChI is InChI=1S/C14H15BrN4O2/c1-18-3-4-19(14(18)16)8-9-6-10-12(11(15)7-9)21-5-2-17-13(10)20/h3-4,6-7,16H,2,5,8H2,1H3,(H,17,20). The Bertz CT molecular complexity index is 763. The SMILES string of the molecule is Cn1ccn(Cc2cc(Br)c3c(c2)C(=O)NCCO3)c1=N. The molecule has 0 saturated heterocycles. The number of benzene rings is 1. The van der Waals surface area contributed by atoms with Gasteiger partial charge in [-0.15, -0.1) is 0 Å². The third-order valence-corrected chi connectivity index (χ3v) is 4.00. The van der Waals surface area contributed by atoms with Crippen LogP contribution < -0.4 is 15.7 Å². The Hall–Kier alpha value is -2.02. The van der Waals surface area contributed by atoms with E-state index in [-0.39, 0.29) is 5.91 Å². The van der Waals surface area contributed by atoms with Crippen molar-refractivity contribution in [2.45, 2.75) is 6.54 Å². The van der Waals surface area contributed by atoms with Crippen molar-refractivity contribution in [1.82, 2.24) is 14.5 Å². The molecule has 2 N–H and O–H groups in total. The Morgan fingerprint density at radius 1 is 1.43 bits per heavy atom. The van der Waals surface area contributed by atoms with Crippen LogP contribution in [0.2, 0.25) is 0 Å². The van der Waals surface area contributed by atoms with Crippen LogP contribution in [-0.4, -0.2) is 28.2 Å². The number of carbonyl (C=O) groups is 1. The molecule has 0 bridgehead atoms. The largest absolute Gasteiger partial charge is 0.490 e. The number of hydrogen-bond acceptors (Lipinski definition) is 3. The highest BCUT2D eigenvalue weighted by Gasteiger charge is 2.20. The lowest BCUT2D eigenvalue weighted by Crippen LogP contribution is -2.25. The summed E-state index contributed by atoms with van der Waals surface area (Å²) in [7, 11) is 1.83. The lowest BCUT2D eigenvalue weighted by Gasteiger charge is -2.11. The number of imidazole rings is 1. The van der Waals surface area contributed by atoms with Gasteiger partial charge in [-0.25, -0.2) is 0 Å². The molecule has 1 aromatic carbocycles. The maximum atomic E-state index is 12.1. The molecule has 6 nitrogen and oxygen atoms in total. The van der Waals surface area contributed by atoms with Gasteiger partial charge in [-0.05, 0) is 33.6 Å². The van der Waals surface area contributed by atoms with Gasteiger partial charge in [0.1, 0.15) is 12.4 Å². The monoisotopic (exact) mass is 350 g/mol. The van der Waals surface area contributed by atoms with Crippen LogP contribution in [0.5, 0.6) is 5.75 Å². The number of hydrogen-bond donors (Lipinski definition) is 2. The molecule has 0 radical (unpaired) electrons. The van der Waals surface area contributed by atoms with E-state index in [4.69, 9.17) is 10.1 Å². The van der Waals surface area contributed by atoms with Crippen LogP contribution in [0.25, 0.3) is 0 Å². The van der Waals surface area contributed by atoms with Crippen LogP contribution in [0, 0.1) is 5.41 Å². The predicted molar refractivity (Wildman–Crippen MR) is 80.3 cm³/mol. The molecule has 0 aliphatic carbocycles. The zero-order chi connectivity index (χ0) is 15.0. The summed E-state index contributed by atoms with van der Waals surface area (Å²) in [5, 5.41) is 10.8. The van der Waals surface area contributed by atoms with Gasteiger partial charge in [0.25, 0.3) is 5.91 Å². The van der Waals surface area contributed by atoms with E-state index in [2.05, 4.69) is 21.2 Å². The second kappa shape index (κ2) is 5.40. The molecular formula is C14H15BrN4O2. The molecule has 0 fully saturated rings. The van der Waals surface area contributed by atoms with Crippen LogP contribution in [-0.2, 0) is 13.6 Å². The number of ether oxygens (including phenoxy) is 1. The van der Waals surface area contributed by atoms with Crippen molar-refractivity contribution in [3.05, 3.63) is 45.7 Å². The van der Waals surface area contributed by atoms with Gasteiger partial charge in [0, 0.05) is 19.4 Å². The van der Waals surface area contributed by atoms with Crippen LogP contribution >= 0.6 is 15.9 Å². The highest BCUT2D eigenvalue weighted by molar-refractivity contribution is 9.10. The number of nitrogens with zero attached hydrogens (tertiary/aromatic N) is 2. The van der Waals surface area contributed by atoms with E-state index in [9.17, 15) is 4.79 Å². The minimum absolute atomic E-state index is 0.130. The minimum atomic E-state index is -0.130. The molecule has 0 unspecified atom stereocenters. The van der Waals surface area contributed by atoms with E-state index in [1.165, 1.54) is 0 Å². The smallest absolute Gasteiger partial charge is 0.255 e. The maximum Gasteiger partial charge on any atom is 0.255 e. The fourth-order valence-electron chi connectivity index (χ4n) is 2.32. The van der Waals surface area contributed by atoms with Crippen LogP contribution in [0.15, 0.2) is 29.0 Å². The van der Waals surface area contributed by atoms with Crippen LogP contribution in [0.3, 0.4) is 0 Å². The molecule has 7 heteroatoms. The summed E-state index contributed by atoms with van der Waals surface area (Å²) in [5.74, 6) is 0.451. The Morgan fingerprint density at radius 3 is 2.95 bits per heavy atom. The highest BCUT2D eigenvalue weighted by Crippen LogP contribution is 2.32. The van der Waals surface area contributed by atoms with Crippen molar-refractivity contribution >= 4 is 21.8 Å². The third-order valence-electron chi connectivity index (χ3n) is 3.41. The highest BCUT2D eigenvalue weighted by atomic mass is 79.9. The second-order valence-corrected chi connectivity index (χ2v) is 5.77. The molecular weight excluding hydrogens is 336 g/mol. The molecule has 2 aromatic rings. The quantitative estimate of drug-likeness (QED) is 0.855. The van der Waals surface area contributed by atoms with Gasteiger partial charge in [0.15, 0.2) is 0 Å². The van der Waals surface area contributed by atoms with Crippen LogP contribution in [0.4, 0.5) is 0 Å². The number of amides is 1. The summed E-state index contributed by atoms with van der Waals surface area (Å²) in [5.41, 5.74) is 1.87. The van der Waals surface area contributed by atoms with Crippen molar-refractivity contribution in [1.29, 1.82) is 5.41 Å². The van der Waals surface area contributed by atoms with Crippen molar-refractivity contribution < 1.29 is 9.53 Å². The van der Waals surface area contributed by atoms with Crippen molar-refractivity contribution in [3.8, 4) is 5.75 Å². The molecule has 0 spiro atoms. The number of aromatic nitrogens is 2. The maximum absolute atomic E-state index is 12.1. The number of rotatable bonds is 2. The topological polar surface area (TPSA) is 72.0 Å². The number of aryl methyl sites for hydroxylation is 1. The summed E-state index contributed by atoms with van der Waals surface area (Å²) in [6.07, 6.45) is 3.68. The Morgan fingerprint density at radius 2 is 2.24 bits per heavy atom. The van der Waals surface area contributed by atoms with E-state index < -0.39 is 0 Å². The fourth-order valence-corrected chi connectivity index (χ4v) is 2.94. The van der Waals surface area contributed by atoms with Crippen molar-refractivity contribution in [2.24, 2.45) is 7.05 Å². The van der Waals surface area contributed by atoms with E-state index in [1.54, 1.807) is 4.57 Å². The Balaban J connectivity index is 2.01. The molecule has 110 valence electrons. The first-order valence-corrected chi connectivity index (χ1v) is 7.35. The molecule has 1 aromatic heterocycles. The molecule has 21 heavy (non-hydrogen) atoms. The van der Waals surface area contributed by atoms with Gasteiger partial charge in [-0.3, -0.25) is 10.2 Å². The molecule has 2 heterocycles. The molecule has 0 saturated carbocycles. The second-order valence-electron chi connectivity index (χ2n) is 4.92. The molecule has 1 aliphatic heterocycles. The van der Waals surface area contributed by atoms with E-state index in [0.29, 0.717) is 36.6 Å². The molecule has 1 amide bonds. The minimum Gasteiger partial charge on any atom is -0.490 e. The zero-order valence-electron chi connectivity index (χ0n) is 11.5. The summed E-state index contributed by atoms with van der Waals surface area (Å²) in [6.45, 7) is 1.49. The average molecular weight is 351 g/mol. The predicted octanol–water partition coefficient (Wildman–Crippen LogP) is 1.24. The van der Waals surface area contributed by atoms with Gasteiger partial charge in [0.05, 0.1) is 23.1 Å². The van der Waals surface area contributed by atoms with Gasteiger partial charge in [-0.2, -0.15) is 0 Å². The summed E-state index contributed by atoms with van der Waals surface area (Å²) in [4.78, 5) is 12.1. The lowest BCUT2D eigenvalue weighted by molar-refractivity contribution is 0.0957. The van der Waals surface area contributed by atoms with Gasteiger partial charge >= 0.3 is 0 Å². The first-order chi connectivity index (χ1) is 10.1. The van der Waals surface area contributed by atoms with E-state index in [0.717, 1.165) is 10.0 Å². The zero-order valence-corrected chi connectivity index (χ0v) is 13.1. The Labute approximate surface area is 130 Å². The number of halogens is 1. The summed E-state index contributed by atoms with van der Waals surface area (Å²) < 4.78 is 9.90. The first-order valence-electron chi connectivity index (χ1n) is 6.56. The Kier molecular flexibility index (Phi) is 3.59. The normalized spacial score (nSPS) is 14.1. The van der Waals surface area contributed by atoms with Crippen molar-refractivity contribution in [2.75, 3.05) is 13.2 Å². The van der Waals surface area contributed by atoms with Crippen molar-refractivity contribution in [3.63, 3.8) is 0 Å². The summed E-state index contributed by atoms with van der Waals surface area (Å²) >= 11 is 3.47. The third kappa shape index (κ3) is 2.61. The number of nitrogens with one attached hydrogen (secondary N) is 2. The molecule has 0 atom stereocenters. The number of fused-ring (bicyclic) bond motifs is 1. The molecule has 3 rings (SSSR count). The van der Waals surface area contributed by atoms with Crippen LogP contribution in [0.1, 0.15) is 15.9 Å². The summed E-state index contributed by atoms with van der Waals surface area (Å²) in [6, 6.07) is 3.75.